The van der Waals surface area contributed by atoms with Gasteiger partial charge < -0.3 is 0 Å². The fourth-order valence-corrected chi connectivity index (χ4v) is 1.32. The van der Waals surface area contributed by atoms with Crippen LogP contribution >= 0.6 is 0 Å². The average molecular weight is 257 g/mol. The molecule has 0 aliphatic heterocycles. The van der Waals surface area contributed by atoms with Gasteiger partial charge in [0.25, 0.3) is 0 Å². The monoisotopic (exact) mass is 257 g/mol. The molecule has 0 bridgehead atoms. The Labute approximate surface area is 72.6 Å². The van der Waals surface area contributed by atoms with Gasteiger partial charge in [0, 0.05) is 0 Å². The van der Waals surface area contributed by atoms with E-state index in [1.54, 1.807) is 0 Å². The van der Waals surface area contributed by atoms with E-state index in [-0.39, 0.29) is 27.2 Å². The van der Waals surface area contributed by atoms with E-state index in [9.17, 15) is 4.79 Å². The zero-order valence-corrected chi connectivity index (χ0v) is 8.68. The third-order valence-corrected chi connectivity index (χ3v) is 2.39. The van der Waals surface area contributed by atoms with Gasteiger partial charge in [-0.3, -0.25) is 0 Å². The van der Waals surface area contributed by atoms with E-state index < -0.39 is 0 Å². The standard InChI is InChI=1S/C7H14IO2/c1-3-4-5-10-7(9)6-8-2/h3-6H2,1-2H3/q-1. The van der Waals surface area contributed by atoms with Gasteiger partial charge >= 0.3 is 72.4 Å². The quantitative estimate of drug-likeness (QED) is 0.248. The summed E-state index contributed by atoms with van der Waals surface area (Å²) in [5.74, 6) is -0.0104. The number of carbonyl (C=O) groups excluding carboxylic acids is 1. The third kappa shape index (κ3) is 6.32. The molecule has 0 spiro atoms. The Kier molecular flexibility index (Phi) is 7.45. The Morgan fingerprint density at radius 1 is 1.60 bits per heavy atom. The number of hydrogen-bond acceptors (Lipinski definition) is 2. The average Bonchev–Trinajstić information content (AvgIpc) is 1.89. The normalized spacial score (nSPS) is 9.80. The summed E-state index contributed by atoms with van der Waals surface area (Å²) >= 11 is 0.0704. The van der Waals surface area contributed by atoms with Gasteiger partial charge in [-0.25, -0.2) is 0 Å². The molecule has 0 aliphatic rings. The SMILES string of the molecule is CCCCOC(=O)C[I-]C. The van der Waals surface area contributed by atoms with Crippen molar-refractivity contribution in [2.45, 2.75) is 19.8 Å². The molecule has 0 aliphatic carbocycles. The number of unbranched alkanes of at least 4 members (excludes halogenated alkanes) is 1. The van der Waals surface area contributed by atoms with Gasteiger partial charge in [-0.05, 0) is 0 Å². The van der Waals surface area contributed by atoms with Gasteiger partial charge in [0.1, 0.15) is 0 Å². The summed E-state index contributed by atoms with van der Waals surface area (Å²) in [4.78, 5) is 12.8. The number of carbonyl (C=O) groups is 1. The fourth-order valence-electron chi connectivity index (χ4n) is 0.478. The minimum absolute atomic E-state index is 0.0104. The maximum absolute atomic E-state index is 10.7. The van der Waals surface area contributed by atoms with Crippen LogP contribution in [0.5, 0.6) is 0 Å². The molecule has 0 atom stereocenters. The molecule has 0 fully saturated rings. The number of rotatable bonds is 5. The second-order valence-corrected chi connectivity index (χ2v) is 4.26. The molecule has 0 aromatic carbocycles. The molecule has 0 heterocycles. The molecule has 0 N–H and O–H groups in total. The van der Waals surface area contributed by atoms with E-state index in [4.69, 9.17) is 4.74 Å². The van der Waals surface area contributed by atoms with Gasteiger partial charge in [0.15, 0.2) is 0 Å². The second-order valence-electron chi connectivity index (χ2n) is 1.97. The minimum atomic E-state index is -0.0104. The summed E-state index contributed by atoms with van der Waals surface area (Å²) in [6.45, 7) is 2.69. The van der Waals surface area contributed by atoms with Crippen molar-refractivity contribution in [3.05, 3.63) is 0 Å². The van der Waals surface area contributed by atoms with Crippen LogP contribution < -0.4 is 21.2 Å². The van der Waals surface area contributed by atoms with Gasteiger partial charge in [0.05, 0.1) is 0 Å². The van der Waals surface area contributed by atoms with Crippen LogP contribution in [0.25, 0.3) is 0 Å². The molecular weight excluding hydrogens is 243 g/mol. The zero-order valence-electron chi connectivity index (χ0n) is 6.52. The summed E-state index contributed by atoms with van der Waals surface area (Å²) in [5, 5.41) is 0. The zero-order chi connectivity index (χ0) is 7.82. The van der Waals surface area contributed by atoms with Crippen molar-refractivity contribution in [3.8, 4) is 0 Å². The van der Waals surface area contributed by atoms with Crippen LogP contribution in [0, 0.1) is 0 Å². The van der Waals surface area contributed by atoms with E-state index in [2.05, 4.69) is 11.9 Å². The molecule has 62 valence electrons. The van der Waals surface area contributed by atoms with Crippen molar-refractivity contribution in [1.82, 2.24) is 0 Å². The van der Waals surface area contributed by atoms with Gasteiger partial charge in [-0.2, -0.15) is 0 Å². The molecule has 0 saturated carbocycles. The van der Waals surface area contributed by atoms with Crippen molar-refractivity contribution < 1.29 is 30.7 Å². The van der Waals surface area contributed by atoms with E-state index >= 15 is 0 Å². The Hall–Kier alpha value is 0.200. The van der Waals surface area contributed by atoms with Crippen molar-refractivity contribution in [2.24, 2.45) is 0 Å². The van der Waals surface area contributed by atoms with E-state index in [1.807, 2.05) is 0 Å². The third-order valence-electron chi connectivity index (χ3n) is 1.00. The summed E-state index contributed by atoms with van der Waals surface area (Å²) in [6, 6.07) is 0. The van der Waals surface area contributed by atoms with Crippen molar-refractivity contribution in [2.75, 3.05) is 16.0 Å². The topological polar surface area (TPSA) is 26.3 Å². The van der Waals surface area contributed by atoms with Crippen LogP contribution in [-0.2, 0) is 9.53 Å². The molecule has 0 unspecified atom stereocenters. The first kappa shape index (κ1) is 10.2. The van der Waals surface area contributed by atoms with Crippen LogP contribution in [0.2, 0.25) is 0 Å². The first-order valence-corrected chi connectivity index (χ1v) is 7.09. The Bertz CT molecular complexity index is 93.6. The van der Waals surface area contributed by atoms with Gasteiger partial charge in [-0.15, -0.1) is 0 Å². The summed E-state index contributed by atoms with van der Waals surface area (Å²) < 4.78 is 5.58. The fraction of sp³-hybridized carbons (Fsp3) is 0.857. The predicted octanol–water partition coefficient (Wildman–Crippen LogP) is -1.95. The first-order valence-electron chi connectivity index (χ1n) is 3.40. The van der Waals surface area contributed by atoms with Crippen molar-refractivity contribution in [3.63, 3.8) is 0 Å². The number of alkyl halides is 2. The Balaban J connectivity index is 3.05. The molecule has 2 nitrogen and oxygen atoms in total. The summed E-state index contributed by atoms with van der Waals surface area (Å²) in [7, 11) is 0. The summed E-state index contributed by atoms with van der Waals surface area (Å²) in [6.07, 6.45) is 2.09. The van der Waals surface area contributed by atoms with Gasteiger partial charge in [0.2, 0.25) is 0 Å². The number of esters is 1. The van der Waals surface area contributed by atoms with Crippen molar-refractivity contribution in [1.29, 1.82) is 0 Å². The number of halogens is 1. The van der Waals surface area contributed by atoms with Crippen LogP contribution in [0.3, 0.4) is 0 Å². The summed E-state index contributed by atoms with van der Waals surface area (Å²) in [5.41, 5.74) is 0. The van der Waals surface area contributed by atoms with E-state index in [0.717, 1.165) is 12.8 Å². The van der Waals surface area contributed by atoms with Gasteiger partial charge in [-0.1, -0.05) is 0 Å². The molecule has 3 heteroatoms. The van der Waals surface area contributed by atoms with Crippen LogP contribution in [0.4, 0.5) is 0 Å². The molecule has 0 aromatic heterocycles. The molecule has 0 amide bonds. The second kappa shape index (κ2) is 7.31. The molecule has 10 heavy (non-hydrogen) atoms. The van der Waals surface area contributed by atoms with E-state index in [0.29, 0.717) is 11.0 Å². The van der Waals surface area contributed by atoms with Crippen molar-refractivity contribution >= 4 is 5.97 Å². The van der Waals surface area contributed by atoms with Crippen LogP contribution in [-0.4, -0.2) is 21.9 Å². The molecule has 0 aromatic rings. The molecule has 0 rings (SSSR count). The van der Waals surface area contributed by atoms with E-state index in [1.165, 1.54) is 0 Å². The molecule has 0 radical (unpaired) electrons. The molecular formula is C7H14IO2-. The van der Waals surface area contributed by atoms with Crippen LogP contribution in [0.1, 0.15) is 19.8 Å². The number of hydrogen-bond donors (Lipinski definition) is 0. The van der Waals surface area contributed by atoms with Crippen LogP contribution in [0.15, 0.2) is 0 Å². The first-order chi connectivity index (χ1) is 4.81. The maximum atomic E-state index is 10.7. The number of ether oxygens (including phenoxy) is 1. The predicted molar refractivity (Wildman–Crippen MR) is 36.7 cm³/mol. The Morgan fingerprint density at radius 2 is 2.30 bits per heavy atom. The molecule has 0 saturated heterocycles. The Morgan fingerprint density at radius 3 is 2.80 bits per heavy atom.